The van der Waals surface area contributed by atoms with Gasteiger partial charge < -0.3 is 4.90 Å². The minimum absolute atomic E-state index is 0.0470. The molecule has 0 amide bonds. The highest BCUT2D eigenvalue weighted by molar-refractivity contribution is 5.59. The van der Waals surface area contributed by atoms with E-state index in [4.69, 9.17) is 5.26 Å². The van der Waals surface area contributed by atoms with Crippen molar-refractivity contribution < 1.29 is 0 Å². The zero-order valence-electron chi connectivity index (χ0n) is 7.94. The Labute approximate surface area is 73.1 Å². The van der Waals surface area contributed by atoms with Crippen LogP contribution in [0.3, 0.4) is 0 Å². The molecule has 0 aromatic rings. The Morgan fingerprint density at radius 3 is 2.42 bits per heavy atom. The fourth-order valence-electron chi connectivity index (χ4n) is 1.13. The van der Waals surface area contributed by atoms with E-state index in [0.29, 0.717) is 0 Å². The Morgan fingerprint density at radius 2 is 2.08 bits per heavy atom. The lowest BCUT2D eigenvalue weighted by Gasteiger charge is -2.34. The highest BCUT2D eigenvalue weighted by Gasteiger charge is 2.32. The van der Waals surface area contributed by atoms with Gasteiger partial charge in [-0.3, -0.25) is 5.01 Å². The predicted octanol–water partition coefficient (Wildman–Crippen LogP) is 0.825. The second kappa shape index (κ2) is 2.67. The van der Waals surface area contributed by atoms with Crippen molar-refractivity contribution in [2.24, 2.45) is 5.10 Å². The van der Waals surface area contributed by atoms with E-state index >= 15 is 0 Å². The minimum Gasteiger partial charge on any atom is -0.323 e. The van der Waals surface area contributed by atoms with E-state index in [0.717, 1.165) is 0 Å². The van der Waals surface area contributed by atoms with Crippen molar-refractivity contribution in [3.05, 3.63) is 0 Å². The van der Waals surface area contributed by atoms with Gasteiger partial charge in [0.2, 0.25) is 6.17 Å². The number of rotatable bonds is 0. The van der Waals surface area contributed by atoms with Crippen LogP contribution in [0.15, 0.2) is 5.10 Å². The molecule has 4 heteroatoms. The number of hydrogen-bond donors (Lipinski definition) is 0. The molecule has 66 valence electrons. The summed E-state index contributed by atoms with van der Waals surface area (Å²) in [5.41, 5.74) is -0.0470. The SMILES string of the molecule is CN1N=CN(C(C)(C)C)C1C#N. The molecule has 1 heterocycles. The summed E-state index contributed by atoms with van der Waals surface area (Å²) < 4.78 is 0. The smallest absolute Gasteiger partial charge is 0.207 e. The fourth-order valence-corrected chi connectivity index (χ4v) is 1.13. The molecule has 0 fully saturated rings. The zero-order valence-corrected chi connectivity index (χ0v) is 7.94. The highest BCUT2D eigenvalue weighted by atomic mass is 15.6. The van der Waals surface area contributed by atoms with Crippen LogP contribution in [0, 0.1) is 11.3 Å². The van der Waals surface area contributed by atoms with Gasteiger partial charge in [0.05, 0.1) is 0 Å². The molecule has 1 aliphatic rings. The van der Waals surface area contributed by atoms with E-state index in [1.54, 1.807) is 18.4 Å². The van der Waals surface area contributed by atoms with E-state index in [2.05, 4.69) is 31.9 Å². The summed E-state index contributed by atoms with van der Waals surface area (Å²) in [6.45, 7) is 6.17. The Balaban J connectivity index is 2.82. The van der Waals surface area contributed by atoms with Crippen LogP contribution in [-0.4, -0.2) is 35.0 Å². The Bertz CT molecular complexity index is 232. The maximum Gasteiger partial charge on any atom is 0.207 e. The van der Waals surface area contributed by atoms with Crippen LogP contribution < -0.4 is 0 Å². The Kier molecular flexibility index (Phi) is 1.97. The average molecular weight is 166 g/mol. The van der Waals surface area contributed by atoms with E-state index < -0.39 is 0 Å². The lowest BCUT2D eigenvalue weighted by atomic mass is 10.1. The maximum atomic E-state index is 8.86. The van der Waals surface area contributed by atoms with Crippen molar-refractivity contribution in [1.82, 2.24) is 9.91 Å². The van der Waals surface area contributed by atoms with Gasteiger partial charge in [-0.25, -0.2) is 0 Å². The zero-order chi connectivity index (χ0) is 9.35. The normalized spacial score (nSPS) is 23.1. The number of hydrazone groups is 1. The lowest BCUT2D eigenvalue weighted by Crippen LogP contribution is -2.47. The molecule has 1 unspecified atom stereocenters. The molecule has 0 saturated heterocycles. The van der Waals surface area contributed by atoms with Crippen molar-refractivity contribution in [2.45, 2.75) is 32.5 Å². The van der Waals surface area contributed by atoms with Crippen LogP contribution in [0.25, 0.3) is 0 Å². The molecule has 1 atom stereocenters. The van der Waals surface area contributed by atoms with Gasteiger partial charge in [0.1, 0.15) is 12.4 Å². The number of hydrogen-bond acceptors (Lipinski definition) is 4. The van der Waals surface area contributed by atoms with Gasteiger partial charge in [-0.2, -0.15) is 10.4 Å². The maximum absolute atomic E-state index is 8.86. The average Bonchev–Trinajstić information content (AvgIpc) is 2.29. The summed E-state index contributed by atoms with van der Waals surface area (Å²) in [7, 11) is 1.80. The summed E-state index contributed by atoms with van der Waals surface area (Å²) in [6.07, 6.45) is 1.46. The van der Waals surface area contributed by atoms with Gasteiger partial charge in [-0.1, -0.05) is 0 Å². The number of nitriles is 1. The second-order valence-electron chi connectivity index (χ2n) is 3.89. The van der Waals surface area contributed by atoms with Crippen molar-refractivity contribution in [3.8, 4) is 6.07 Å². The summed E-state index contributed by atoms with van der Waals surface area (Å²) in [5.74, 6) is 0. The monoisotopic (exact) mass is 166 g/mol. The van der Waals surface area contributed by atoms with Gasteiger partial charge in [0.25, 0.3) is 0 Å². The van der Waals surface area contributed by atoms with Crippen LogP contribution in [-0.2, 0) is 0 Å². The van der Waals surface area contributed by atoms with Crippen molar-refractivity contribution >= 4 is 6.34 Å². The third kappa shape index (κ3) is 1.35. The lowest BCUT2D eigenvalue weighted by molar-refractivity contribution is 0.135. The van der Waals surface area contributed by atoms with Gasteiger partial charge in [-0.05, 0) is 20.8 Å². The van der Waals surface area contributed by atoms with Crippen LogP contribution >= 0.6 is 0 Å². The molecule has 0 radical (unpaired) electrons. The number of nitrogens with zero attached hydrogens (tertiary/aromatic N) is 4. The van der Waals surface area contributed by atoms with Crippen LogP contribution in [0.5, 0.6) is 0 Å². The van der Waals surface area contributed by atoms with Crippen molar-refractivity contribution in [1.29, 1.82) is 5.26 Å². The summed E-state index contributed by atoms with van der Waals surface area (Å²) in [5, 5.41) is 14.6. The summed E-state index contributed by atoms with van der Waals surface area (Å²) in [4.78, 5) is 1.94. The van der Waals surface area contributed by atoms with Gasteiger partial charge in [0, 0.05) is 12.6 Å². The molecule has 0 bridgehead atoms. The van der Waals surface area contributed by atoms with Crippen LogP contribution in [0.1, 0.15) is 20.8 Å². The first kappa shape index (κ1) is 8.85. The van der Waals surface area contributed by atoms with E-state index in [-0.39, 0.29) is 11.7 Å². The largest absolute Gasteiger partial charge is 0.323 e. The minimum atomic E-state index is -0.259. The third-order valence-corrected chi connectivity index (χ3v) is 1.87. The van der Waals surface area contributed by atoms with Crippen LogP contribution in [0.2, 0.25) is 0 Å². The molecule has 1 rings (SSSR count). The third-order valence-electron chi connectivity index (χ3n) is 1.87. The first-order valence-corrected chi connectivity index (χ1v) is 3.92. The molecule has 0 N–H and O–H groups in total. The van der Waals surface area contributed by atoms with Crippen molar-refractivity contribution in [2.75, 3.05) is 7.05 Å². The van der Waals surface area contributed by atoms with Crippen LogP contribution in [0.4, 0.5) is 0 Å². The van der Waals surface area contributed by atoms with E-state index in [1.807, 2.05) is 4.90 Å². The standard InChI is InChI=1S/C8H14N4/c1-8(2,3)12-6-10-11(4)7(12)5-9/h6-7H,1-4H3. The van der Waals surface area contributed by atoms with E-state index in [1.165, 1.54) is 0 Å². The molecule has 12 heavy (non-hydrogen) atoms. The van der Waals surface area contributed by atoms with Crippen molar-refractivity contribution in [3.63, 3.8) is 0 Å². The molecule has 0 spiro atoms. The van der Waals surface area contributed by atoms with Gasteiger partial charge in [-0.15, -0.1) is 0 Å². The fraction of sp³-hybridized carbons (Fsp3) is 0.750. The first-order chi connectivity index (χ1) is 5.46. The molecule has 0 aromatic carbocycles. The Morgan fingerprint density at radius 1 is 1.50 bits per heavy atom. The summed E-state index contributed by atoms with van der Waals surface area (Å²) in [6, 6.07) is 2.20. The van der Waals surface area contributed by atoms with Gasteiger partial charge >= 0.3 is 0 Å². The quantitative estimate of drug-likeness (QED) is 0.535. The topological polar surface area (TPSA) is 42.6 Å². The summed E-state index contributed by atoms with van der Waals surface area (Å²) >= 11 is 0. The molecule has 4 nitrogen and oxygen atoms in total. The first-order valence-electron chi connectivity index (χ1n) is 3.92. The molecule has 0 saturated carbocycles. The van der Waals surface area contributed by atoms with E-state index in [9.17, 15) is 0 Å². The molecule has 1 aliphatic heterocycles. The second-order valence-corrected chi connectivity index (χ2v) is 3.89. The molecular formula is C8H14N4. The Hall–Kier alpha value is -1.24. The molecular weight excluding hydrogens is 152 g/mol. The van der Waals surface area contributed by atoms with Gasteiger partial charge in [0.15, 0.2) is 0 Å². The molecule has 0 aliphatic carbocycles. The molecule has 0 aromatic heterocycles. The predicted molar refractivity (Wildman–Crippen MR) is 47.2 cm³/mol. The highest BCUT2D eigenvalue weighted by Crippen LogP contribution is 2.20.